The van der Waals surface area contributed by atoms with Crippen molar-refractivity contribution in [3.05, 3.63) is 76.1 Å². The molecule has 0 amide bonds. The quantitative estimate of drug-likeness (QED) is 0.368. The van der Waals surface area contributed by atoms with Crippen LogP contribution in [0.1, 0.15) is 11.1 Å². The van der Waals surface area contributed by atoms with Crippen LogP contribution in [-0.2, 0) is 13.0 Å². The van der Waals surface area contributed by atoms with Crippen LogP contribution in [0.2, 0.25) is 0 Å². The molecule has 4 aromatic rings. The number of fused-ring (bicyclic) bond motifs is 3. The largest absolute Gasteiger partial charge is 0.497 e. The van der Waals surface area contributed by atoms with E-state index in [2.05, 4.69) is 0 Å². The summed E-state index contributed by atoms with van der Waals surface area (Å²) in [5.74, 6) is 1.81. The van der Waals surface area contributed by atoms with Crippen LogP contribution in [-0.4, -0.2) is 25.9 Å². The fraction of sp³-hybridized carbons (Fsp3) is 0.208. The smallest absolute Gasteiger partial charge is 0.344 e. The molecule has 0 unspecified atom stereocenters. The molecule has 0 aliphatic carbocycles. The maximum atomic E-state index is 12.5. The number of hydrogen-bond donors (Lipinski definition) is 1. The van der Waals surface area contributed by atoms with Crippen LogP contribution in [0.25, 0.3) is 21.7 Å². The van der Waals surface area contributed by atoms with Crippen LogP contribution in [0.4, 0.5) is 0 Å². The van der Waals surface area contributed by atoms with Crippen molar-refractivity contribution in [2.75, 3.05) is 20.8 Å². The van der Waals surface area contributed by atoms with E-state index >= 15 is 0 Å². The molecule has 0 radical (unpaired) electrons. The third-order valence-corrected chi connectivity index (χ3v) is 5.02. The van der Waals surface area contributed by atoms with Gasteiger partial charge in [0.15, 0.2) is 11.5 Å². The molecular weight excluding hydrogens is 384 g/mol. The Morgan fingerprint density at radius 2 is 1.60 bits per heavy atom. The predicted octanol–water partition coefficient (Wildman–Crippen LogP) is 4.08. The van der Waals surface area contributed by atoms with Crippen LogP contribution < -0.4 is 19.8 Å². The summed E-state index contributed by atoms with van der Waals surface area (Å²) in [4.78, 5) is 12.5. The van der Waals surface area contributed by atoms with Gasteiger partial charge in [-0.25, -0.2) is 4.79 Å². The summed E-state index contributed by atoms with van der Waals surface area (Å²) in [6.07, 6.45) is 0.481. The summed E-state index contributed by atoms with van der Waals surface area (Å²) in [6, 6.07) is 16.6. The Labute approximate surface area is 173 Å². The van der Waals surface area contributed by atoms with Gasteiger partial charge in [-0.3, -0.25) is 0 Å². The van der Waals surface area contributed by atoms with Crippen LogP contribution in [0, 0.1) is 0 Å². The van der Waals surface area contributed by atoms with E-state index in [1.54, 1.807) is 26.4 Å². The molecule has 1 aromatic heterocycles. The van der Waals surface area contributed by atoms with Crippen LogP contribution in [0.3, 0.4) is 0 Å². The molecular formula is C24H22O6. The van der Waals surface area contributed by atoms with Crippen molar-refractivity contribution in [2.24, 2.45) is 0 Å². The van der Waals surface area contributed by atoms with E-state index in [9.17, 15) is 4.79 Å². The number of hydrogen-bond acceptors (Lipinski definition) is 6. The first-order valence-electron chi connectivity index (χ1n) is 9.57. The van der Waals surface area contributed by atoms with E-state index in [1.165, 1.54) is 0 Å². The van der Waals surface area contributed by atoms with Gasteiger partial charge in [-0.1, -0.05) is 24.3 Å². The number of aliphatic hydroxyl groups excluding tert-OH is 1. The fourth-order valence-electron chi connectivity index (χ4n) is 3.43. The van der Waals surface area contributed by atoms with Gasteiger partial charge in [0.2, 0.25) is 0 Å². The van der Waals surface area contributed by atoms with Crippen molar-refractivity contribution in [2.45, 2.75) is 13.0 Å². The molecule has 0 aliphatic heterocycles. The minimum Gasteiger partial charge on any atom is -0.497 e. The van der Waals surface area contributed by atoms with E-state index in [0.29, 0.717) is 35.5 Å². The maximum Gasteiger partial charge on any atom is 0.344 e. The van der Waals surface area contributed by atoms with Gasteiger partial charge < -0.3 is 23.7 Å². The Morgan fingerprint density at radius 3 is 2.30 bits per heavy atom. The number of rotatable bonds is 7. The molecule has 4 rings (SSSR count). The lowest BCUT2D eigenvalue weighted by molar-refractivity contribution is 0.284. The Morgan fingerprint density at radius 1 is 0.833 bits per heavy atom. The molecule has 6 heteroatoms. The number of benzene rings is 3. The topological polar surface area (TPSA) is 78.1 Å². The molecule has 0 atom stereocenters. The first kappa shape index (κ1) is 19.8. The van der Waals surface area contributed by atoms with Gasteiger partial charge in [-0.15, -0.1) is 0 Å². The second-order valence-electron chi connectivity index (χ2n) is 6.88. The average Bonchev–Trinajstić information content (AvgIpc) is 2.78. The van der Waals surface area contributed by atoms with E-state index in [-0.39, 0.29) is 6.61 Å². The fourth-order valence-corrected chi connectivity index (χ4v) is 3.43. The van der Waals surface area contributed by atoms with Crippen molar-refractivity contribution in [3.63, 3.8) is 0 Å². The normalized spacial score (nSPS) is 11.0. The molecule has 3 aromatic carbocycles. The lowest BCUT2D eigenvalue weighted by Gasteiger charge is -2.13. The van der Waals surface area contributed by atoms with E-state index < -0.39 is 5.63 Å². The van der Waals surface area contributed by atoms with Gasteiger partial charge >= 0.3 is 5.63 Å². The summed E-state index contributed by atoms with van der Waals surface area (Å²) in [5.41, 5.74) is 1.84. The first-order chi connectivity index (χ1) is 14.6. The minimum atomic E-state index is -0.427. The minimum absolute atomic E-state index is 0.0210. The van der Waals surface area contributed by atoms with Crippen LogP contribution in [0.15, 0.2) is 63.8 Å². The lowest BCUT2D eigenvalue weighted by Crippen LogP contribution is -2.03. The summed E-state index contributed by atoms with van der Waals surface area (Å²) < 4.78 is 22.2. The van der Waals surface area contributed by atoms with Gasteiger partial charge in [0.25, 0.3) is 0 Å². The highest BCUT2D eigenvalue weighted by Gasteiger charge is 2.14. The first-order valence-corrected chi connectivity index (χ1v) is 9.57. The standard InChI is InChI=1S/C24H22O6/c1-27-17-6-3-16(4-7-17)14-29-23-13-21-19(12-22(23)28-2)18-8-5-15(9-10-25)11-20(18)24(26)30-21/h3-8,11-13,25H,9-10,14H2,1-2H3. The third-order valence-electron chi connectivity index (χ3n) is 5.02. The number of methoxy groups -OCH3 is 2. The van der Waals surface area contributed by atoms with Gasteiger partial charge in [0.05, 0.1) is 19.6 Å². The molecule has 0 bridgehead atoms. The van der Waals surface area contributed by atoms with Crippen LogP contribution >= 0.6 is 0 Å². The highest BCUT2D eigenvalue weighted by molar-refractivity contribution is 6.05. The highest BCUT2D eigenvalue weighted by atomic mass is 16.5. The molecule has 30 heavy (non-hydrogen) atoms. The Bertz CT molecular complexity index is 1240. The summed E-state index contributed by atoms with van der Waals surface area (Å²) >= 11 is 0. The highest BCUT2D eigenvalue weighted by Crippen LogP contribution is 2.35. The molecule has 0 saturated heterocycles. The second-order valence-corrected chi connectivity index (χ2v) is 6.88. The van der Waals surface area contributed by atoms with Gasteiger partial charge in [-0.05, 0) is 41.8 Å². The summed E-state index contributed by atoms with van der Waals surface area (Å²) in [7, 11) is 3.19. The Balaban J connectivity index is 1.73. The molecule has 1 heterocycles. The molecule has 0 fully saturated rings. The number of ether oxygens (including phenoxy) is 3. The average molecular weight is 406 g/mol. The zero-order chi connectivity index (χ0) is 21.1. The summed E-state index contributed by atoms with van der Waals surface area (Å²) in [5, 5.41) is 11.2. The van der Waals surface area contributed by atoms with E-state index in [4.69, 9.17) is 23.7 Å². The number of aliphatic hydroxyl groups is 1. The van der Waals surface area contributed by atoms with Crippen molar-refractivity contribution in [1.29, 1.82) is 0 Å². The van der Waals surface area contributed by atoms with Crippen LogP contribution in [0.5, 0.6) is 17.2 Å². The monoisotopic (exact) mass is 406 g/mol. The third kappa shape index (κ3) is 3.82. The van der Waals surface area contributed by atoms with Crippen molar-refractivity contribution in [1.82, 2.24) is 0 Å². The Kier molecular flexibility index (Phi) is 5.59. The molecule has 154 valence electrons. The summed E-state index contributed by atoms with van der Waals surface area (Å²) in [6.45, 7) is 0.349. The molecule has 1 N–H and O–H groups in total. The van der Waals surface area contributed by atoms with E-state index in [1.807, 2.05) is 42.5 Å². The van der Waals surface area contributed by atoms with Crippen molar-refractivity contribution in [3.8, 4) is 17.2 Å². The predicted molar refractivity (Wildman–Crippen MR) is 115 cm³/mol. The maximum absolute atomic E-state index is 12.5. The van der Waals surface area contributed by atoms with Crippen molar-refractivity contribution >= 4 is 21.7 Å². The second kappa shape index (κ2) is 8.47. The molecule has 0 spiro atoms. The van der Waals surface area contributed by atoms with Gasteiger partial charge in [0, 0.05) is 23.4 Å². The van der Waals surface area contributed by atoms with Crippen molar-refractivity contribution < 1.29 is 23.7 Å². The Hall–Kier alpha value is -3.51. The lowest BCUT2D eigenvalue weighted by atomic mass is 10.0. The molecule has 0 aliphatic rings. The molecule has 0 saturated carbocycles. The zero-order valence-corrected chi connectivity index (χ0v) is 16.8. The van der Waals surface area contributed by atoms with Gasteiger partial charge in [-0.2, -0.15) is 0 Å². The SMILES string of the molecule is COc1ccc(COc2cc3oc(=O)c4cc(CCO)ccc4c3cc2OC)cc1. The molecule has 6 nitrogen and oxygen atoms in total. The zero-order valence-electron chi connectivity index (χ0n) is 16.8. The van der Waals surface area contributed by atoms with E-state index in [0.717, 1.165) is 27.6 Å². The van der Waals surface area contributed by atoms with Gasteiger partial charge in [0.1, 0.15) is 17.9 Å².